The fourth-order valence-electron chi connectivity index (χ4n) is 1.84. The van der Waals surface area contributed by atoms with Gasteiger partial charge in [0, 0.05) is 6.04 Å². The van der Waals surface area contributed by atoms with Crippen molar-refractivity contribution >= 4 is 46.4 Å². The molecule has 1 aromatic rings. The zero-order chi connectivity index (χ0) is 13.9. The summed E-state index contributed by atoms with van der Waals surface area (Å²) >= 11 is 24.5. The lowest BCUT2D eigenvalue weighted by Crippen LogP contribution is -2.19. The number of halogens is 4. The molecule has 0 aromatic heterocycles. The standard InChI is InChI=1S/C13H17Cl4N/c1-3-8(18)5-4-7(2)11-12(16)9(14)6-10(15)13(11)17/h6-8H,3-5,18H2,1-2H3. The second-order valence-corrected chi connectivity index (χ2v) is 6.10. The molecule has 0 radical (unpaired) electrons. The van der Waals surface area contributed by atoms with Crippen molar-refractivity contribution in [3.63, 3.8) is 0 Å². The van der Waals surface area contributed by atoms with Gasteiger partial charge in [-0.3, -0.25) is 0 Å². The minimum Gasteiger partial charge on any atom is -0.328 e. The molecule has 5 heteroatoms. The summed E-state index contributed by atoms with van der Waals surface area (Å²) < 4.78 is 0. The van der Waals surface area contributed by atoms with Gasteiger partial charge in [0.05, 0.1) is 20.1 Å². The van der Waals surface area contributed by atoms with Crippen molar-refractivity contribution in [3.8, 4) is 0 Å². The van der Waals surface area contributed by atoms with Gasteiger partial charge >= 0.3 is 0 Å². The van der Waals surface area contributed by atoms with Crippen molar-refractivity contribution in [2.24, 2.45) is 5.73 Å². The second-order valence-electron chi connectivity index (χ2n) is 4.53. The maximum Gasteiger partial charge on any atom is 0.0642 e. The molecule has 0 heterocycles. The van der Waals surface area contributed by atoms with Crippen LogP contribution in [0.25, 0.3) is 0 Å². The Morgan fingerprint density at radius 2 is 1.56 bits per heavy atom. The molecule has 0 spiro atoms. The molecule has 0 fully saturated rings. The first-order valence-electron chi connectivity index (χ1n) is 5.96. The first kappa shape index (κ1) is 16.4. The van der Waals surface area contributed by atoms with E-state index in [2.05, 4.69) is 13.8 Å². The van der Waals surface area contributed by atoms with E-state index in [1.165, 1.54) is 0 Å². The van der Waals surface area contributed by atoms with Crippen LogP contribution < -0.4 is 5.73 Å². The van der Waals surface area contributed by atoms with E-state index in [0.29, 0.717) is 20.1 Å². The van der Waals surface area contributed by atoms with Gasteiger partial charge in [-0.05, 0) is 36.8 Å². The summed E-state index contributed by atoms with van der Waals surface area (Å²) in [5.41, 5.74) is 6.74. The highest BCUT2D eigenvalue weighted by Gasteiger charge is 2.19. The Bertz CT molecular complexity index is 394. The number of hydrogen-bond donors (Lipinski definition) is 1. The van der Waals surface area contributed by atoms with Gasteiger partial charge in [-0.25, -0.2) is 0 Å². The van der Waals surface area contributed by atoms with Gasteiger partial charge in [0.15, 0.2) is 0 Å². The van der Waals surface area contributed by atoms with Crippen molar-refractivity contribution < 1.29 is 0 Å². The third kappa shape index (κ3) is 3.91. The lowest BCUT2D eigenvalue weighted by molar-refractivity contribution is 0.531. The Labute approximate surface area is 129 Å². The molecule has 0 amide bonds. The average molecular weight is 329 g/mol. The Hall–Kier alpha value is 0.340. The van der Waals surface area contributed by atoms with E-state index >= 15 is 0 Å². The first-order valence-corrected chi connectivity index (χ1v) is 7.48. The van der Waals surface area contributed by atoms with E-state index in [-0.39, 0.29) is 12.0 Å². The normalized spacial score (nSPS) is 14.6. The van der Waals surface area contributed by atoms with Crippen LogP contribution in [0.5, 0.6) is 0 Å². The predicted molar refractivity (Wildman–Crippen MR) is 82.4 cm³/mol. The topological polar surface area (TPSA) is 26.0 Å². The molecule has 0 aliphatic carbocycles. The molecule has 1 rings (SSSR count). The van der Waals surface area contributed by atoms with Gasteiger partial charge in [-0.2, -0.15) is 0 Å². The van der Waals surface area contributed by atoms with Crippen molar-refractivity contribution in [3.05, 3.63) is 31.7 Å². The number of hydrogen-bond acceptors (Lipinski definition) is 1. The number of nitrogens with two attached hydrogens (primary N) is 1. The Kier molecular flexibility index (Phi) is 6.57. The van der Waals surface area contributed by atoms with Crippen LogP contribution >= 0.6 is 46.4 Å². The fourth-order valence-corrected chi connectivity index (χ4v) is 3.03. The molecular weight excluding hydrogens is 312 g/mol. The molecule has 0 saturated heterocycles. The van der Waals surface area contributed by atoms with E-state index in [4.69, 9.17) is 52.1 Å². The molecule has 102 valence electrons. The van der Waals surface area contributed by atoms with Crippen molar-refractivity contribution in [2.45, 2.75) is 45.1 Å². The molecule has 0 saturated carbocycles. The van der Waals surface area contributed by atoms with Crippen molar-refractivity contribution in [1.29, 1.82) is 0 Å². The summed E-state index contributed by atoms with van der Waals surface area (Å²) in [6, 6.07) is 1.78. The fraction of sp³-hybridized carbons (Fsp3) is 0.538. The highest BCUT2D eigenvalue weighted by atomic mass is 35.5. The number of rotatable bonds is 5. The van der Waals surface area contributed by atoms with E-state index in [9.17, 15) is 0 Å². The Morgan fingerprint density at radius 3 is 2.00 bits per heavy atom. The zero-order valence-electron chi connectivity index (χ0n) is 10.4. The first-order chi connectivity index (χ1) is 8.38. The molecule has 18 heavy (non-hydrogen) atoms. The highest BCUT2D eigenvalue weighted by Crippen LogP contribution is 2.42. The smallest absolute Gasteiger partial charge is 0.0642 e. The third-order valence-corrected chi connectivity index (χ3v) is 4.74. The van der Waals surface area contributed by atoms with Crippen LogP contribution in [0.3, 0.4) is 0 Å². The molecule has 1 aromatic carbocycles. The largest absolute Gasteiger partial charge is 0.328 e. The van der Waals surface area contributed by atoms with Crippen LogP contribution in [0, 0.1) is 0 Å². The molecule has 0 aliphatic rings. The molecule has 1 nitrogen and oxygen atoms in total. The molecular formula is C13H17Cl4N. The summed E-state index contributed by atoms with van der Waals surface area (Å²) in [6.07, 6.45) is 2.80. The van der Waals surface area contributed by atoms with E-state index < -0.39 is 0 Å². The van der Waals surface area contributed by atoms with E-state index in [1.807, 2.05) is 0 Å². The molecule has 0 aliphatic heterocycles. The maximum atomic E-state index is 6.21. The van der Waals surface area contributed by atoms with Gasteiger partial charge in [-0.15, -0.1) is 0 Å². The summed E-state index contributed by atoms with van der Waals surface area (Å²) in [4.78, 5) is 0. The summed E-state index contributed by atoms with van der Waals surface area (Å²) in [5.74, 6) is 0.179. The van der Waals surface area contributed by atoms with Gasteiger partial charge < -0.3 is 5.73 Å². The Morgan fingerprint density at radius 1 is 1.06 bits per heavy atom. The zero-order valence-corrected chi connectivity index (χ0v) is 13.5. The SMILES string of the molecule is CCC(N)CCC(C)c1c(Cl)c(Cl)cc(Cl)c1Cl. The van der Waals surface area contributed by atoms with Crippen LogP contribution in [0.1, 0.15) is 44.6 Å². The lowest BCUT2D eigenvalue weighted by atomic mass is 9.93. The van der Waals surface area contributed by atoms with Gasteiger partial charge in [0.25, 0.3) is 0 Å². The summed E-state index contributed by atoms with van der Waals surface area (Å²) in [5, 5.41) is 1.85. The highest BCUT2D eigenvalue weighted by molar-refractivity contribution is 6.48. The summed E-state index contributed by atoms with van der Waals surface area (Å²) in [7, 11) is 0. The molecule has 2 N–H and O–H groups in total. The van der Waals surface area contributed by atoms with E-state index in [1.54, 1.807) is 6.07 Å². The van der Waals surface area contributed by atoms with Crippen molar-refractivity contribution in [2.75, 3.05) is 0 Å². The van der Waals surface area contributed by atoms with Crippen LogP contribution in [-0.4, -0.2) is 6.04 Å². The second kappa shape index (κ2) is 7.21. The minimum absolute atomic E-state index is 0.179. The van der Waals surface area contributed by atoms with Gasteiger partial charge in [-0.1, -0.05) is 60.3 Å². The summed E-state index contributed by atoms with van der Waals surface area (Å²) in [6.45, 7) is 4.13. The maximum absolute atomic E-state index is 6.21. The molecule has 2 unspecified atom stereocenters. The van der Waals surface area contributed by atoms with Crippen LogP contribution in [0.15, 0.2) is 6.07 Å². The lowest BCUT2D eigenvalue weighted by Gasteiger charge is -2.18. The van der Waals surface area contributed by atoms with E-state index in [0.717, 1.165) is 24.8 Å². The van der Waals surface area contributed by atoms with Crippen LogP contribution in [0.4, 0.5) is 0 Å². The Balaban J connectivity index is 2.94. The third-order valence-electron chi connectivity index (χ3n) is 3.13. The average Bonchev–Trinajstić information content (AvgIpc) is 2.33. The quantitative estimate of drug-likeness (QED) is 0.667. The predicted octanol–water partition coefficient (Wildman–Crippen LogP) is 5.92. The molecule has 0 bridgehead atoms. The van der Waals surface area contributed by atoms with Gasteiger partial charge in [0.2, 0.25) is 0 Å². The van der Waals surface area contributed by atoms with Crippen LogP contribution in [-0.2, 0) is 0 Å². The number of benzene rings is 1. The minimum atomic E-state index is 0.179. The monoisotopic (exact) mass is 327 g/mol. The molecule has 2 atom stereocenters. The van der Waals surface area contributed by atoms with Crippen molar-refractivity contribution in [1.82, 2.24) is 0 Å². The van der Waals surface area contributed by atoms with Crippen LogP contribution in [0.2, 0.25) is 20.1 Å². The van der Waals surface area contributed by atoms with Gasteiger partial charge in [0.1, 0.15) is 0 Å².